The van der Waals surface area contributed by atoms with Crippen molar-refractivity contribution in [2.75, 3.05) is 6.54 Å². The van der Waals surface area contributed by atoms with Crippen molar-refractivity contribution in [3.05, 3.63) is 22.8 Å². The number of aryl methyl sites for hydroxylation is 1. The van der Waals surface area contributed by atoms with E-state index in [1.165, 1.54) is 23.4 Å². The molecule has 0 radical (unpaired) electrons. The van der Waals surface area contributed by atoms with Crippen molar-refractivity contribution in [3.63, 3.8) is 0 Å². The molecule has 2 heterocycles. The second-order valence-electron chi connectivity index (χ2n) is 4.52. The molecule has 1 aromatic rings. The van der Waals surface area contributed by atoms with Gasteiger partial charge in [-0.15, -0.1) is 0 Å². The van der Waals surface area contributed by atoms with Crippen LogP contribution in [0.15, 0.2) is 0 Å². The maximum absolute atomic E-state index is 4.59. The van der Waals surface area contributed by atoms with E-state index in [1.54, 1.807) is 0 Å². The average Bonchev–Trinajstić information content (AvgIpc) is 2.55. The summed E-state index contributed by atoms with van der Waals surface area (Å²) in [4.78, 5) is 9.13. The molecule has 3 heteroatoms. The molecule has 0 unspecified atom stereocenters. The summed E-state index contributed by atoms with van der Waals surface area (Å²) in [5, 5.41) is 3.41. The Hall–Kier alpha value is -0.960. The number of aromatic nitrogens is 2. The highest BCUT2D eigenvalue weighted by molar-refractivity contribution is 5.29. The molecule has 3 nitrogen and oxygen atoms in total. The van der Waals surface area contributed by atoms with Gasteiger partial charge in [-0.2, -0.15) is 0 Å². The summed E-state index contributed by atoms with van der Waals surface area (Å²) in [5.74, 6) is 1.40. The van der Waals surface area contributed by atoms with Gasteiger partial charge in [0.05, 0.1) is 11.4 Å². The van der Waals surface area contributed by atoms with E-state index in [2.05, 4.69) is 29.1 Å². The molecule has 1 aliphatic heterocycles. The summed E-state index contributed by atoms with van der Waals surface area (Å²) in [7, 11) is 0. The van der Waals surface area contributed by atoms with Crippen LogP contribution in [-0.2, 0) is 13.0 Å². The molecule has 96 valence electrons. The van der Waals surface area contributed by atoms with Gasteiger partial charge in [0.1, 0.15) is 5.82 Å². The zero-order valence-electron chi connectivity index (χ0n) is 11.8. The van der Waals surface area contributed by atoms with E-state index >= 15 is 0 Å². The maximum atomic E-state index is 4.59. The van der Waals surface area contributed by atoms with Crippen LogP contribution in [0.1, 0.15) is 62.8 Å². The fourth-order valence-corrected chi connectivity index (χ4v) is 2.17. The Morgan fingerprint density at radius 1 is 1.18 bits per heavy atom. The molecule has 1 N–H and O–H groups in total. The minimum Gasteiger partial charge on any atom is -0.311 e. The topological polar surface area (TPSA) is 37.8 Å². The third-order valence-electron chi connectivity index (χ3n) is 2.86. The van der Waals surface area contributed by atoms with Crippen LogP contribution in [0.5, 0.6) is 0 Å². The smallest absolute Gasteiger partial charge is 0.125 e. The first kappa shape index (κ1) is 14.1. The molecule has 2 rings (SSSR count). The van der Waals surface area contributed by atoms with E-state index in [9.17, 15) is 0 Å². The standard InChI is InChI=1S/C12H19N3.C2H6/c1-8(2)12-10-5-4-6-13-7-11(10)14-9(3)15-12;1-2/h8,13H,4-7H2,1-3H3;1-2H3. The van der Waals surface area contributed by atoms with Crippen LogP contribution in [0.25, 0.3) is 0 Å². The Bertz CT molecular complexity index is 359. The van der Waals surface area contributed by atoms with Crippen LogP contribution >= 0.6 is 0 Å². The normalized spacial score (nSPS) is 14.7. The first-order chi connectivity index (χ1) is 8.18. The lowest BCUT2D eigenvalue weighted by Crippen LogP contribution is -2.14. The van der Waals surface area contributed by atoms with Crippen LogP contribution in [0, 0.1) is 6.92 Å². The molecule has 0 amide bonds. The van der Waals surface area contributed by atoms with Crippen LogP contribution in [-0.4, -0.2) is 16.5 Å². The highest BCUT2D eigenvalue weighted by Crippen LogP contribution is 2.22. The van der Waals surface area contributed by atoms with Crippen LogP contribution in [0.3, 0.4) is 0 Å². The van der Waals surface area contributed by atoms with E-state index in [4.69, 9.17) is 0 Å². The van der Waals surface area contributed by atoms with Gasteiger partial charge in [-0.3, -0.25) is 0 Å². The Labute approximate surface area is 105 Å². The summed E-state index contributed by atoms with van der Waals surface area (Å²) in [6.07, 6.45) is 2.31. The molecular formula is C14H25N3. The average molecular weight is 235 g/mol. The number of nitrogens with one attached hydrogen (secondary N) is 1. The Kier molecular flexibility index (Phi) is 5.56. The summed E-state index contributed by atoms with van der Waals surface area (Å²) in [6.45, 7) is 12.4. The van der Waals surface area contributed by atoms with Gasteiger partial charge in [-0.1, -0.05) is 27.7 Å². The third-order valence-corrected chi connectivity index (χ3v) is 2.86. The fourth-order valence-electron chi connectivity index (χ4n) is 2.17. The van der Waals surface area contributed by atoms with Crippen molar-refractivity contribution in [3.8, 4) is 0 Å². The molecule has 0 saturated carbocycles. The quantitative estimate of drug-likeness (QED) is 0.813. The minimum atomic E-state index is 0.499. The summed E-state index contributed by atoms with van der Waals surface area (Å²) < 4.78 is 0. The molecule has 0 fully saturated rings. The predicted octanol–water partition coefficient (Wildman–Crippen LogP) is 2.97. The first-order valence-electron chi connectivity index (χ1n) is 6.75. The molecule has 0 aliphatic carbocycles. The van der Waals surface area contributed by atoms with Gasteiger partial charge in [-0.05, 0) is 37.8 Å². The summed E-state index contributed by atoms with van der Waals surface area (Å²) in [5.41, 5.74) is 3.85. The Morgan fingerprint density at radius 3 is 2.53 bits per heavy atom. The van der Waals surface area contributed by atoms with Crippen molar-refractivity contribution in [2.45, 2.75) is 59.9 Å². The largest absolute Gasteiger partial charge is 0.311 e. The predicted molar refractivity (Wildman–Crippen MR) is 72.2 cm³/mol. The SMILES string of the molecule is CC.Cc1nc2c(c(C(C)C)n1)CCCNC2. The van der Waals surface area contributed by atoms with E-state index < -0.39 is 0 Å². The molecular weight excluding hydrogens is 210 g/mol. The second-order valence-corrected chi connectivity index (χ2v) is 4.52. The second kappa shape index (κ2) is 6.70. The molecule has 0 aromatic carbocycles. The number of hydrogen-bond acceptors (Lipinski definition) is 3. The summed E-state index contributed by atoms with van der Waals surface area (Å²) >= 11 is 0. The molecule has 0 spiro atoms. The highest BCUT2D eigenvalue weighted by atomic mass is 14.9. The molecule has 0 bridgehead atoms. The van der Waals surface area contributed by atoms with Gasteiger partial charge >= 0.3 is 0 Å². The lowest BCUT2D eigenvalue weighted by Gasteiger charge is -2.14. The van der Waals surface area contributed by atoms with E-state index in [1.807, 2.05) is 20.8 Å². The maximum Gasteiger partial charge on any atom is 0.125 e. The number of hydrogen-bond donors (Lipinski definition) is 1. The van der Waals surface area contributed by atoms with E-state index in [0.29, 0.717) is 5.92 Å². The van der Waals surface area contributed by atoms with Gasteiger partial charge in [0.15, 0.2) is 0 Å². The molecule has 0 saturated heterocycles. The zero-order valence-corrected chi connectivity index (χ0v) is 11.8. The number of rotatable bonds is 1. The van der Waals surface area contributed by atoms with Crippen LogP contribution in [0.2, 0.25) is 0 Å². The van der Waals surface area contributed by atoms with Crippen LogP contribution in [0.4, 0.5) is 0 Å². The lowest BCUT2D eigenvalue weighted by atomic mass is 9.99. The number of fused-ring (bicyclic) bond motifs is 1. The monoisotopic (exact) mass is 235 g/mol. The Morgan fingerprint density at radius 2 is 1.88 bits per heavy atom. The zero-order chi connectivity index (χ0) is 12.8. The first-order valence-corrected chi connectivity index (χ1v) is 6.75. The van der Waals surface area contributed by atoms with Crippen molar-refractivity contribution >= 4 is 0 Å². The van der Waals surface area contributed by atoms with Crippen molar-refractivity contribution in [1.82, 2.24) is 15.3 Å². The van der Waals surface area contributed by atoms with Gasteiger partial charge in [0.2, 0.25) is 0 Å². The number of nitrogens with zero attached hydrogens (tertiary/aromatic N) is 2. The summed E-state index contributed by atoms with van der Waals surface area (Å²) in [6, 6.07) is 0. The molecule has 17 heavy (non-hydrogen) atoms. The van der Waals surface area contributed by atoms with Gasteiger partial charge in [-0.25, -0.2) is 9.97 Å². The van der Waals surface area contributed by atoms with E-state index in [-0.39, 0.29) is 0 Å². The minimum absolute atomic E-state index is 0.499. The third kappa shape index (κ3) is 3.50. The van der Waals surface area contributed by atoms with Gasteiger partial charge in [0, 0.05) is 6.54 Å². The van der Waals surface area contributed by atoms with Gasteiger partial charge in [0.25, 0.3) is 0 Å². The van der Waals surface area contributed by atoms with E-state index in [0.717, 1.165) is 25.3 Å². The fraction of sp³-hybridized carbons (Fsp3) is 0.714. The van der Waals surface area contributed by atoms with Crippen LogP contribution < -0.4 is 5.32 Å². The highest BCUT2D eigenvalue weighted by Gasteiger charge is 2.16. The van der Waals surface area contributed by atoms with Crippen molar-refractivity contribution < 1.29 is 0 Å². The van der Waals surface area contributed by atoms with Gasteiger partial charge < -0.3 is 5.32 Å². The molecule has 1 aromatic heterocycles. The molecule has 1 aliphatic rings. The van der Waals surface area contributed by atoms with Crippen molar-refractivity contribution in [2.24, 2.45) is 0 Å². The Balaban J connectivity index is 0.000000686. The van der Waals surface area contributed by atoms with Crippen molar-refractivity contribution in [1.29, 1.82) is 0 Å². The molecule has 0 atom stereocenters. The lowest BCUT2D eigenvalue weighted by molar-refractivity contribution is 0.673.